The second-order valence-corrected chi connectivity index (χ2v) is 8.65. The Bertz CT molecular complexity index is 546. The first-order valence-electron chi connectivity index (χ1n) is 6.80. The fourth-order valence-corrected chi connectivity index (χ4v) is 4.65. The summed E-state index contributed by atoms with van der Waals surface area (Å²) in [6.45, 7) is 5.07. The monoisotopic (exact) mass is 317 g/mol. The van der Waals surface area contributed by atoms with Crippen molar-refractivity contribution in [1.29, 1.82) is 0 Å². The summed E-state index contributed by atoms with van der Waals surface area (Å²) in [4.78, 5) is 3.50. The van der Waals surface area contributed by atoms with E-state index >= 15 is 0 Å². The maximum absolute atomic E-state index is 12.3. The molecule has 2 rings (SSSR count). The molecule has 1 saturated heterocycles. The van der Waals surface area contributed by atoms with Crippen molar-refractivity contribution in [3.05, 3.63) is 16.3 Å². The number of rotatable bonds is 5. The summed E-state index contributed by atoms with van der Waals surface area (Å²) < 4.78 is 27.3. The highest BCUT2D eigenvalue weighted by Gasteiger charge is 2.30. The molecule has 0 bridgehead atoms. The van der Waals surface area contributed by atoms with Crippen LogP contribution in [0.15, 0.2) is 16.3 Å². The predicted octanol–water partition coefficient (Wildman–Crippen LogP) is 1.22. The molecule has 0 aromatic carbocycles. The standard InChI is InChI=1S/C13H23N3O2S2/c1-13(3-5-16(2)6-4-13)10-15-20(17,18)12-7-11(8-14)19-9-12/h7,9,15H,3-6,8,10,14H2,1-2H3. The van der Waals surface area contributed by atoms with Crippen molar-refractivity contribution in [1.82, 2.24) is 9.62 Å². The zero-order valence-electron chi connectivity index (χ0n) is 12.1. The van der Waals surface area contributed by atoms with Crippen molar-refractivity contribution in [2.75, 3.05) is 26.7 Å². The van der Waals surface area contributed by atoms with Gasteiger partial charge in [0, 0.05) is 23.3 Å². The molecule has 0 unspecified atom stereocenters. The lowest BCUT2D eigenvalue weighted by Crippen LogP contribution is -2.43. The first kappa shape index (κ1) is 15.9. The molecular formula is C13H23N3O2S2. The lowest BCUT2D eigenvalue weighted by molar-refractivity contribution is 0.143. The minimum Gasteiger partial charge on any atom is -0.326 e. The van der Waals surface area contributed by atoms with Gasteiger partial charge in [-0.25, -0.2) is 13.1 Å². The van der Waals surface area contributed by atoms with Crippen LogP contribution in [0, 0.1) is 5.41 Å². The molecule has 0 amide bonds. The number of hydrogen-bond acceptors (Lipinski definition) is 5. The topological polar surface area (TPSA) is 75.4 Å². The highest BCUT2D eigenvalue weighted by Crippen LogP contribution is 2.30. The van der Waals surface area contributed by atoms with Gasteiger partial charge in [-0.1, -0.05) is 6.92 Å². The Labute approximate surface area is 125 Å². The van der Waals surface area contributed by atoms with Crippen LogP contribution in [0.4, 0.5) is 0 Å². The Balaban J connectivity index is 1.98. The SMILES string of the molecule is CN1CCC(C)(CNS(=O)(=O)c2csc(CN)c2)CC1. The van der Waals surface area contributed by atoms with Gasteiger partial charge in [0.25, 0.3) is 0 Å². The molecule has 1 aliphatic heterocycles. The van der Waals surface area contributed by atoms with Crippen molar-refractivity contribution in [2.24, 2.45) is 11.1 Å². The van der Waals surface area contributed by atoms with Gasteiger partial charge >= 0.3 is 0 Å². The van der Waals surface area contributed by atoms with E-state index in [1.807, 2.05) is 0 Å². The van der Waals surface area contributed by atoms with Crippen LogP contribution in [0.2, 0.25) is 0 Å². The quantitative estimate of drug-likeness (QED) is 0.856. The number of hydrogen-bond donors (Lipinski definition) is 2. The van der Waals surface area contributed by atoms with Gasteiger partial charge in [-0.2, -0.15) is 0 Å². The third kappa shape index (κ3) is 3.79. The molecule has 0 saturated carbocycles. The van der Waals surface area contributed by atoms with E-state index in [4.69, 9.17) is 5.73 Å². The summed E-state index contributed by atoms with van der Waals surface area (Å²) >= 11 is 1.39. The molecule has 1 aliphatic rings. The van der Waals surface area contributed by atoms with Crippen LogP contribution in [0.5, 0.6) is 0 Å². The number of nitrogens with zero attached hydrogens (tertiary/aromatic N) is 1. The van der Waals surface area contributed by atoms with Crippen molar-refractivity contribution in [2.45, 2.75) is 31.2 Å². The third-order valence-corrected chi connectivity index (χ3v) is 6.51. The average Bonchev–Trinajstić information content (AvgIpc) is 2.90. The normalized spacial score (nSPS) is 20.1. The Morgan fingerprint density at radius 1 is 1.45 bits per heavy atom. The summed E-state index contributed by atoms with van der Waals surface area (Å²) in [5.74, 6) is 0. The van der Waals surface area contributed by atoms with Crippen molar-refractivity contribution < 1.29 is 8.42 Å². The van der Waals surface area contributed by atoms with Crippen LogP contribution in [0.1, 0.15) is 24.6 Å². The van der Waals surface area contributed by atoms with E-state index < -0.39 is 10.0 Å². The molecule has 0 spiro atoms. The first-order valence-corrected chi connectivity index (χ1v) is 9.17. The smallest absolute Gasteiger partial charge is 0.241 e. The molecule has 2 heterocycles. The van der Waals surface area contributed by atoms with E-state index in [0.717, 1.165) is 30.8 Å². The largest absolute Gasteiger partial charge is 0.326 e. The minimum absolute atomic E-state index is 0.0479. The fourth-order valence-electron chi connectivity index (χ4n) is 2.30. The van der Waals surface area contributed by atoms with Gasteiger partial charge in [0.05, 0.1) is 4.90 Å². The molecule has 1 aromatic rings. The van der Waals surface area contributed by atoms with Crippen LogP contribution in [-0.4, -0.2) is 40.0 Å². The van der Waals surface area contributed by atoms with Crippen LogP contribution in [0.25, 0.3) is 0 Å². The van der Waals surface area contributed by atoms with Crippen LogP contribution < -0.4 is 10.5 Å². The minimum atomic E-state index is -3.41. The third-order valence-electron chi connectivity index (χ3n) is 4.02. The summed E-state index contributed by atoms with van der Waals surface area (Å²) in [7, 11) is -1.31. The van der Waals surface area contributed by atoms with Gasteiger partial charge in [0.1, 0.15) is 0 Å². The second-order valence-electron chi connectivity index (χ2n) is 5.89. The number of nitrogens with one attached hydrogen (secondary N) is 1. The highest BCUT2D eigenvalue weighted by molar-refractivity contribution is 7.89. The highest BCUT2D eigenvalue weighted by atomic mass is 32.2. The molecule has 7 heteroatoms. The summed E-state index contributed by atoms with van der Waals surface area (Å²) in [5, 5.41) is 1.65. The van der Waals surface area contributed by atoms with Gasteiger partial charge in [0.2, 0.25) is 10.0 Å². The molecule has 114 valence electrons. The maximum atomic E-state index is 12.3. The number of sulfonamides is 1. The van der Waals surface area contributed by atoms with Crippen LogP contribution in [0.3, 0.4) is 0 Å². The van der Waals surface area contributed by atoms with Crippen molar-refractivity contribution in [3.63, 3.8) is 0 Å². The van der Waals surface area contributed by atoms with E-state index in [2.05, 4.69) is 23.6 Å². The number of likely N-dealkylation sites (tertiary alicyclic amines) is 1. The van der Waals surface area contributed by atoms with Crippen LogP contribution >= 0.6 is 11.3 Å². The van der Waals surface area contributed by atoms with E-state index in [1.165, 1.54) is 11.3 Å². The van der Waals surface area contributed by atoms with Gasteiger partial charge in [-0.15, -0.1) is 11.3 Å². The number of thiophene rings is 1. The summed E-state index contributed by atoms with van der Waals surface area (Å²) in [5.41, 5.74) is 5.57. The Hall–Kier alpha value is -0.470. The van der Waals surface area contributed by atoms with Crippen molar-refractivity contribution in [3.8, 4) is 0 Å². The zero-order valence-corrected chi connectivity index (χ0v) is 13.7. The molecular weight excluding hydrogens is 294 g/mol. The number of nitrogens with two attached hydrogens (primary N) is 1. The van der Waals surface area contributed by atoms with Crippen molar-refractivity contribution >= 4 is 21.4 Å². The van der Waals surface area contributed by atoms with E-state index in [1.54, 1.807) is 11.4 Å². The van der Waals surface area contributed by atoms with E-state index in [-0.39, 0.29) is 5.41 Å². The van der Waals surface area contributed by atoms with Gasteiger partial charge in [-0.3, -0.25) is 0 Å². The van der Waals surface area contributed by atoms with Gasteiger partial charge in [-0.05, 0) is 44.5 Å². The average molecular weight is 317 g/mol. The predicted molar refractivity (Wildman–Crippen MR) is 82.2 cm³/mol. The van der Waals surface area contributed by atoms with E-state index in [0.29, 0.717) is 18.0 Å². The lowest BCUT2D eigenvalue weighted by Gasteiger charge is -2.37. The molecule has 3 N–H and O–H groups in total. The van der Waals surface area contributed by atoms with Gasteiger partial charge < -0.3 is 10.6 Å². The molecule has 0 radical (unpaired) electrons. The molecule has 0 atom stereocenters. The summed E-state index contributed by atoms with van der Waals surface area (Å²) in [6.07, 6.45) is 2.04. The summed E-state index contributed by atoms with van der Waals surface area (Å²) in [6, 6.07) is 1.66. The van der Waals surface area contributed by atoms with E-state index in [9.17, 15) is 8.42 Å². The van der Waals surface area contributed by atoms with Gasteiger partial charge in [0.15, 0.2) is 0 Å². The Morgan fingerprint density at radius 3 is 2.65 bits per heavy atom. The Morgan fingerprint density at radius 2 is 2.10 bits per heavy atom. The fraction of sp³-hybridized carbons (Fsp3) is 0.692. The molecule has 1 fully saturated rings. The number of piperidine rings is 1. The lowest BCUT2D eigenvalue weighted by atomic mass is 9.81. The molecule has 0 aliphatic carbocycles. The first-order chi connectivity index (χ1) is 9.35. The molecule has 1 aromatic heterocycles. The zero-order chi connectivity index (χ0) is 14.8. The maximum Gasteiger partial charge on any atom is 0.241 e. The second kappa shape index (κ2) is 6.11. The Kier molecular flexibility index (Phi) is 4.86. The molecule has 20 heavy (non-hydrogen) atoms. The van der Waals surface area contributed by atoms with Crippen LogP contribution in [-0.2, 0) is 16.6 Å². The molecule has 5 nitrogen and oxygen atoms in total.